The van der Waals surface area contributed by atoms with Crippen LogP contribution >= 0.6 is 11.3 Å². The summed E-state index contributed by atoms with van der Waals surface area (Å²) < 4.78 is 20.1. The Kier molecular flexibility index (Phi) is 7.04. The maximum absolute atomic E-state index is 14.2. The van der Waals surface area contributed by atoms with Crippen molar-refractivity contribution in [2.75, 3.05) is 32.1 Å². The van der Waals surface area contributed by atoms with E-state index in [0.717, 1.165) is 6.54 Å². The van der Waals surface area contributed by atoms with Gasteiger partial charge in [0.1, 0.15) is 22.5 Å². The molecule has 2 heterocycles. The number of aromatic nitrogens is 1. The van der Waals surface area contributed by atoms with Crippen LogP contribution in [0.2, 0.25) is 0 Å². The van der Waals surface area contributed by atoms with Crippen molar-refractivity contribution in [1.29, 1.82) is 0 Å². The van der Waals surface area contributed by atoms with Gasteiger partial charge < -0.3 is 21.7 Å². The summed E-state index contributed by atoms with van der Waals surface area (Å²) in [5, 5.41) is 1.01. The van der Waals surface area contributed by atoms with E-state index in [1.165, 1.54) is 28.4 Å². The molecule has 0 unspecified atom stereocenters. The van der Waals surface area contributed by atoms with Crippen molar-refractivity contribution in [2.24, 2.45) is 0 Å². The van der Waals surface area contributed by atoms with Crippen LogP contribution in [0.3, 0.4) is 0 Å². The summed E-state index contributed by atoms with van der Waals surface area (Å²) in [4.78, 5) is 33.7. The molecule has 6 nitrogen and oxygen atoms in total. The molecule has 0 saturated heterocycles. The number of carbonyl (C=O) groups excluding carboxylic acids is 1. The second-order valence-corrected chi connectivity index (χ2v) is 8.19. The summed E-state index contributed by atoms with van der Waals surface area (Å²) in [6, 6.07) is 13.3. The minimum absolute atomic E-state index is 0. The number of hydrogen-bond acceptors (Lipinski definition) is 6. The molecule has 0 aliphatic carbocycles. The van der Waals surface area contributed by atoms with Crippen LogP contribution in [0, 0.1) is 5.82 Å². The Hall–Kier alpha value is -2.81. The molecule has 0 spiro atoms. The quantitative estimate of drug-likeness (QED) is 0.404. The molecule has 0 aliphatic rings. The summed E-state index contributed by atoms with van der Waals surface area (Å²) in [5.41, 5.74) is -0.143. The molecule has 0 radical (unpaired) electrons. The van der Waals surface area contributed by atoms with E-state index in [4.69, 9.17) is 4.42 Å². The number of nitrogens with zero attached hydrogens (tertiary/aromatic N) is 3. The average molecular weight is 461 g/mol. The van der Waals surface area contributed by atoms with Gasteiger partial charge in [0.05, 0.1) is 4.70 Å². The fourth-order valence-electron chi connectivity index (χ4n) is 3.20. The van der Waals surface area contributed by atoms with E-state index in [9.17, 15) is 14.0 Å². The van der Waals surface area contributed by atoms with Crippen molar-refractivity contribution in [3.8, 4) is 0 Å². The van der Waals surface area contributed by atoms with Crippen molar-refractivity contribution in [3.63, 3.8) is 0 Å². The second kappa shape index (κ2) is 9.55. The number of halogens is 2. The number of benzene rings is 2. The molecule has 4 rings (SSSR count). The predicted molar refractivity (Wildman–Crippen MR) is 117 cm³/mol. The second-order valence-electron chi connectivity index (χ2n) is 7.18. The number of rotatable bonds is 6. The van der Waals surface area contributed by atoms with Gasteiger partial charge in [0.2, 0.25) is 0 Å². The van der Waals surface area contributed by atoms with Crippen molar-refractivity contribution >= 4 is 43.6 Å². The fraction of sp³-hybridized carbons (Fsp3) is 0.227. The van der Waals surface area contributed by atoms with Crippen molar-refractivity contribution in [1.82, 2.24) is 9.88 Å². The van der Waals surface area contributed by atoms with Gasteiger partial charge in [-0.3, -0.25) is 9.69 Å². The zero-order chi connectivity index (χ0) is 21.3. The highest BCUT2D eigenvalue weighted by molar-refractivity contribution is 7.22. The monoisotopic (exact) mass is 460 g/mol. The van der Waals surface area contributed by atoms with Gasteiger partial charge in [-0.15, -0.1) is 0 Å². The van der Waals surface area contributed by atoms with Gasteiger partial charge in [-0.1, -0.05) is 35.6 Å². The van der Waals surface area contributed by atoms with E-state index < -0.39 is 17.3 Å². The lowest BCUT2D eigenvalue weighted by molar-refractivity contribution is -0.0000149. The third-order valence-corrected chi connectivity index (χ3v) is 5.74. The van der Waals surface area contributed by atoms with E-state index in [1.54, 1.807) is 30.3 Å². The Labute approximate surface area is 188 Å². The van der Waals surface area contributed by atoms with Crippen molar-refractivity contribution in [2.45, 2.75) is 6.42 Å². The smallest absolute Gasteiger partial charge is 0.349 e. The number of amides is 1. The maximum Gasteiger partial charge on any atom is 0.349 e. The Morgan fingerprint density at radius 3 is 2.65 bits per heavy atom. The summed E-state index contributed by atoms with van der Waals surface area (Å²) in [7, 11) is 3.88. The lowest BCUT2D eigenvalue weighted by Crippen LogP contribution is -3.00. The molecular formula is C22H20ClFN3O3S-. The molecule has 0 atom stereocenters. The highest BCUT2D eigenvalue weighted by Crippen LogP contribution is 2.31. The molecular weight excluding hydrogens is 441 g/mol. The Bertz CT molecular complexity index is 1290. The standard InChI is InChI=1S/C22H20FN3O3S.ClH/c1-25(2)11-6-12-26(22-24-19-16(23)8-5-10-18(19)30-22)20(27)15-13-14-7-3-4-9-17(14)29-21(15)28;/h3-5,7-10,13H,6,11-12H2,1-2H3;1H/p-1. The third-order valence-electron chi connectivity index (χ3n) is 4.69. The highest BCUT2D eigenvalue weighted by Gasteiger charge is 2.25. The SMILES string of the molecule is CN(C)CCCN(C(=O)c1cc2ccccc2oc1=O)c1nc2c(F)cccc2s1.[Cl-]. The number of thiazole rings is 1. The Morgan fingerprint density at radius 1 is 1.13 bits per heavy atom. The van der Waals surface area contributed by atoms with Gasteiger partial charge >= 0.3 is 5.63 Å². The van der Waals surface area contributed by atoms with Crippen LogP contribution < -0.4 is 22.9 Å². The van der Waals surface area contributed by atoms with Gasteiger partial charge in [-0.2, -0.15) is 0 Å². The molecule has 0 fully saturated rings. The minimum atomic E-state index is -0.705. The molecule has 1 amide bonds. The number of fused-ring (bicyclic) bond motifs is 2. The molecule has 4 aromatic rings. The lowest BCUT2D eigenvalue weighted by Gasteiger charge is -2.20. The first-order chi connectivity index (χ1) is 14.4. The summed E-state index contributed by atoms with van der Waals surface area (Å²) in [5.74, 6) is -0.950. The molecule has 2 aromatic heterocycles. The lowest BCUT2D eigenvalue weighted by atomic mass is 10.1. The normalized spacial score (nSPS) is 11.1. The molecule has 9 heteroatoms. The van der Waals surface area contributed by atoms with Crippen molar-refractivity contribution in [3.05, 3.63) is 70.3 Å². The van der Waals surface area contributed by atoms with E-state index >= 15 is 0 Å². The number of anilines is 1. The van der Waals surface area contributed by atoms with Gasteiger partial charge in [0.25, 0.3) is 5.91 Å². The molecule has 162 valence electrons. The first-order valence-corrected chi connectivity index (χ1v) is 10.3. The van der Waals surface area contributed by atoms with E-state index in [0.29, 0.717) is 33.8 Å². The summed E-state index contributed by atoms with van der Waals surface area (Å²) >= 11 is 1.22. The fourth-order valence-corrected chi connectivity index (χ4v) is 4.21. The van der Waals surface area contributed by atoms with Crippen LogP contribution in [0.25, 0.3) is 21.2 Å². The topological polar surface area (TPSA) is 66.7 Å². The third kappa shape index (κ3) is 4.76. The van der Waals surface area contributed by atoms with Gasteiger partial charge in [-0.05, 0) is 51.3 Å². The minimum Gasteiger partial charge on any atom is -1.00 e. The predicted octanol–water partition coefficient (Wildman–Crippen LogP) is 1.14. The zero-order valence-corrected chi connectivity index (χ0v) is 18.5. The largest absolute Gasteiger partial charge is 1.00 e. The zero-order valence-electron chi connectivity index (χ0n) is 17.0. The van der Waals surface area contributed by atoms with Gasteiger partial charge in [0, 0.05) is 11.9 Å². The van der Waals surface area contributed by atoms with Crippen LogP contribution in [0.15, 0.2) is 57.7 Å². The molecule has 2 aromatic carbocycles. The Balaban J connectivity index is 0.00000272. The molecule has 0 N–H and O–H groups in total. The van der Waals surface area contributed by atoms with E-state index in [1.807, 2.05) is 25.1 Å². The molecule has 0 saturated carbocycles. The molecule has 31 heavy (non-hydrogen) atoms. The van der Waals surface area contributed by atoms with Gasteiger partial charge in [-0.25, -0.2) is 14.2 Å². The number of hydrogen-bond donors (Lipinski definition) is 0. The van der Waals surface area contributed by atoms with Crippen LogP contribution in [-0.4, -0.2) is 43.0 Å². The van der Waals surface area contributed by atoms with Crippen LogP contribution in [-0.2, 0) is 0 Å². The Morgan fingerprint density at radius 2 is 1.90 bits per heavy atom. The number of para-hydroxylation sites is 2. The summed E-state index contributed by atoms with van der Waals surface area (Å²) in [6.07, 6.45) is 0.663. The van der Waals surface area contributed by atoms with Crippen molar-refractivity contribution < 1.29 is 26.0 Å². The summed E-state index contributed by atoms with van der Waals surface area (Å²) in [6.45, 7) is 1.08. The average Bonchev–Trinajstić information content (AvgIpc) is 3.15. The maximum atomic E-state index is 14.2. The highest BCUT2D eigenvalue weighted by atomic mass is 35.5. The van der Waals surface area contributed by atoms with E-state index in [2.05, 4.69) is 4.98 Å². The van der Waals surface area contributed by atoms with Crippen LogP contribution in [0.4, 0.5) is 9.52 Å². The van der Waals surface area contributed by atoms with Crippen LogP contribution in [0.1, 0.15) is 16.8 Å². The first kappa shape index (κ1) is 22.9. The first-order valence-electron chi connectivity index (χ1n) is 9.48. The number of carbonyl (C=O) groups is 1. The molecule has 0 aliphatic heterocycles. The molecule has 0 bridgehead atoms. The van der Waals surface area contributed by atoms with Gasteiger partial charge in [0.15, 0.2) is 5.13 Å². The van der Waals surface area contributed by atoms with E-state index in [-0.39, 0.29) is 23.5 Å². The van der Waals surface area contributed by atoms with Crippen LogP contribution in [0.5, 0.6) is 0 Å².